The van der Waals surface area contributed by atoms with Gasteiger partial charge in [0.25, 0.3) is 0 Å². The Morgan fingerprint density at radius 2 is 2.47 bits per heavy atom. The monoisotopic (exact) mass is 209 g/mol. The maximum absolute atomic E-state index is 10.5. The lowest BCUT2D eigenvalue weighted by atomic mass is 10.5. The SMILES string of the molecule is Cc1cc(Oc2nc(C(=O)O)co2)n[nH]1. The van der Waals surface area contributed by atoms with Crippen LogP contribution < -0.4 is 4.74 Å². The van der Waals surface area contributed by atoms with Gasteiger partial charge in [0.1, 0.15) is 6.26 Å². The zero-order valence-electron chi connectivity index (χ0n) is 7.72. The first-order valence-electron chi connectivity index (χ1n) is 4.04. The van der Waals surface area contributed by atoms with Crippen molar-refractivity contribution in [3.63, 3.8) is 0 Å². The number of H-pyrrole nitrogens is 1. The highest BCUT2D eigenvalue weighted by Crippen LogP contribution is 2.18. The number of hydrogen-bond donors (Lipinski definition) is 2. The summed E-state index contributed by atoms with van der Waals surface area (Å²) in [6.07, 6.45) is 0.843. The minimum atomic E-state index is -1.17. The average Bonchev–Trinajstić information content (AvgIpc) is 2.76. The van der Waals surface area contributed by atoms with Crippen LogP contribution in [-0.2, 0) is 0 Å². The second-order valence-corrected chi connectivity index (χ2v) is 2.80. The smallest absolute Gasteiger partial charge is 0.401 e. The zero-order valence-corrected chi connectivity index (χ0v) is 7.72. The molecule has 0 saturated carbocycles. The van der Waals surface area contributed by atoms with Gasteiger partial charge in [0.2, 0.25) is 5.88 Å². The molecule has 0 aliphatic heterocycles. The van der Waals surface area contributed by atoms with E-state index in [9.17, 15) is 4.79 Å². The van der Waals surface area contributed by atoms with Crippen molar-refractivity contribution >= 4 is 5.97 Å². The van der Waals surface area contributed by atoms with Crippen LogP contribution >= 0.6 is 0 Å². The number of carbonyl (C=O) groups is 1. The summed E-state index contributed by atoms with van der Waals surface area (Å²) in [5.41, 5.74) is 0.604. The van der Waals surface area contributed by atoms with Crippen LogP contribution in [0.15, 0.2) is 16.7 Å². The Kier molecular flexibility index (Phi) is 2.13. The molecule has 0 aromatic carbocycles. The van der Waals surface area contributed by atoms with Gasteiger partial charge in [-0.25, -0.2) is 4.79 Å². The van der Waals surface area contributed by atoms with Gasteiger partial charge >= 0.3 is 12.0 Å². The van der Waals surface area contributed by atoms with Gasteiger partial charge in [0.05, 0.1) is 0 Å². The number of aryl methyl sites for hydroxylation is 1. The molecule has 0 bridgehead atoms. The van der Waals surface area contributed by atoms with E-state index in [0.717, 1.165) is 12.0 Å². The molecule has 0 spiro atoms. The van der Waals surface area contributed by atoms with Crippen LogP contribution in [0.4, 0.5) is 0 Å². The third-order valence-electron chi connectivity index (χ3n) is 1.58. The molecule has 2 rings (SSSR count). The highest BCUT2D eigenvalue weighted by atomic mass is 16.6. The lowest BCUT2D eigenvalue weighted by Crippen LogP contribution is -1.95. The van der Waals surface area contributed by atoms with E-state index in [1.165, 1.54) is 0 Å². The fourth-order valence-corrected chi connectivity index (χ4v) is 0.937. The first-order valence-corrected chi connectivity index (χ1v) is 4.04. The quantitative estimate of drug-likeness (QED) is 0.787. The molecular formula is C8H7N3O4. The molecule has 0 amide bonds. The first-order chi connectivity index (χ1) is 7.15. The van der Waals surface area contributed by atoms with Gasteiger partial charge < -0.3 is 14.3 Å². The highest BCUT2D eigenvalue weighted by molar-refractivity contribution is 5.84. The topological polar surface area (TPSA) is 101 Å². The van der Waals surface area contributed by atoms with Crippen LogP contribution in [0, 0.1) is 6.92 Å². The summed E-state index contributed by atoms with van der Waals surface area (Å²) in [7, 11) is 0. The Labute approximate surface area is 83.7 Å². The molecule has 15 heavy (non-hydrogen) atoms. The van der Waals surface area contributed by atoms with E-state index in [4.69, 9.17) is 14.3 Å². The predicted octanol–water partition coefficient (Wildman–Crippen LogP) is 1.20. The normalized spacial score (nSPS) is 10.2. The van der Waals surface area contributed by atoms with Gasteiger partial charge in [-0.1, -0.05) is 0 Å². The third kappa shape index (κ3) is 1.96. The molecule has 0 radical (unpaired) electrons. The molecule has 0 fully saturated rings. The number of ether oxygens (including phenoxy) is 1. The molecule has 0 unspecified atom stereocenters. The summed E-state index contributed by atoms with van der Waals surface area (Å²) >= 11 is 0. The van der Waals surface area contributed by atoms with Crippen LogP contribution in [0.1, 0.15) is 16.2 Å². The van der Waals surface area contributed by atoms with Crippen LogP contribution in [0.25, 0.3) is 0 Å². The second kappa shape index (κ2) is 3.45. The van der Waals surface area contributed by atoms with E-state index < -0.39 is 5.97 Å². The fraction of sp³-hybridized carbons (Fsp3) is 0.125. The number of hydrogen-bond acceptors (Lipinski definition) is 5. The van der Waals surface area contributed by atoms with E-state index in [-0.39, 0.29) is 17.7 Å². The molecule has 0 atom stereocenters. The summed E-state index contributed by atoms with van der Waals surface area (Å²) in [4.78, 5) is 14.0. The number of carboxylic acids is 1. The van der Waals surface area contributed by atoms with Crippen molar-refractivity contribution in [3.8, 4) is 12.0 Å². The molecule has 2 N–H and O–H groups in total. The van der Waals surface area contributed by atoms with Crippen molar-refractivity contribution in [2.24, 2.45) is 0 Å². The van der Waals surface area contributed by atoms with Crippen LogP contribution in [0.3, 0.4) is 0 Å². The van der Waals surface area contributed by atoms with Crippen molar-refractivity contribution in [2.45, 2.75) is 6.92 Å². The molecule has 78 valence electrons. The Hall–Kier alpha value is -2.31. The second-order valence-electron chi connectivity index (χ2n) is 2.80. The van der Waals surface area contributed by atoms with Gasteiger partial charge in [-0.3, -0.25) is 5.10 Å². The van der Waals surface area contributed by atoms with Crippen molar-refractivity contribution in [1.82, 2.24) is 15.2 Å². The number of oxazole rings is 1. The maximum Gasteiger partial charge on any atom is 0.401 e. The number of aromatic nitrogens is 3. The Bertz CT molecular complexity index is 488. The number of carboxylic acid groups (broad SMARTS) is 1. The molecule has 2 aromatic heterocycles. The predicted molar refractivity (Wildman–Crippen MR) is 46.9 cm³/mol. The van der Waals surface area contributed by atoms with Gasteiger partial charge in [-0.2, -0.15) is 4.98 Å². The number of nitrogens with zero attached hydrogens (tertiary/aromatic N) is 2. The first kappa shape index (κ1) is 9.25. The summed E-state index contributed by atoms with van der Waals surface area (Å²) in [6, 6.07) is 1.63. The molecule has 0 saturated heterocycles. The third-order valence-corrected chi connectivity index (χ3v) is 1.58. The molecule has 2 aromatic rings. The van der Waals surface area contributed by atoms with Crippen LogP contribution in [0.2, 0.25) is 0 Å². The Morgan fingerprint density at radius 3 is 3.00 bits per heavy atom. The summed E-state index contributed by atoms with van der Waals surface area (Å²) in [5, 5.41) is 15.0. The van der Waals surface area contributed by atoms with Crippen molar-refractivity contribution < 1.29 is 19.1 Å². The molecule has 0 aliphatic rings. The average molecular weight is 209 g/mol. The molecule has 2 heterocycles. The minimum absolute atomic E-state index is 0.154. The van der Waals surface area contributed by atoms with E-state index in [1.54, 1.807) is 13.0 Å². The van der Waals surface area contributed by atoms with Crippen molar-refractivity contribution in [3.05, 3.63) is 23.7 Å². The summed E-state index contributed by atoms with van der Waals surface area (Å²) in [6.45, 7) is 1.80. The molecule has 7 nitrogen and oxygen atoms in total. The van der Waals surface area contributed by atoms with Crippen molar-refractivity contribution in [1.29, 1.82) is 0 Å². The number of aromatic amines is 1. The van der Waals surface area contributed by atoms with Gasteiger partial charge in [0, 0.05) is 11.8 Å². The lowest BCUT2D eigenvalue weighted by Gasteiger charge is -1.91. The number of aromatic carboxylic acids is 1. The zero-order chi connectivity index (χ0) is 10.8. The lowest BCUT2D eigenvalue weighted by molar-refractivity contribution is 0.0690. The standard InChI is InChI=1S/C8H7N3O4/c1-4-2-6(11-10-4)15-8-9-5(3-14-8)7(12)13/h2-3H,1H3,(H,10,11)(H,12,13). The number of rotatable bonds is 3. The minimum Gasteiger partial charge on any atom is -0.476 e. The van der Waals surface area contributed by atoms with Gasteiger partial charge in [-0.05, 0) is 6.92 Å². The Morgan fingerprint density at radius 1 is 1.67 bits per heavy atom. The van der Waals surface area contributed by atoms with E-state index >= 15 is 0 Å². The van der Waals surface area contributed by atoms with Gasteiger partial charge in [0.15, 0.2) is 5.69 Å². The van der Waals surface area contributed by atoms with E-state index in [2.05, 4.69) is 15.2 Å². The maximum atomic E-state index is 10.5. The van der Waals surface area contributed by atoms with Crippen LogP contribution in [0.5, 0.6) is 12.0 Å². The van der Waals surface area contributed by atoms with E-state index in [1.807, 2.05) is 0 Å². The molecule has 7 heteroatoms. The number of nitrogens with one attached hydrogen (secondary N) is 1. The summed E-state index contributed by atoms with van der Waals surface area (Å²) in [5.74, 6) is -0.905. The van der Waals surface area contributed by atoms with Crippen LogP contribution in [-0.4, -0.2) is 26.3 Å². The highest BCUT2D eigenvalue weighted by Gasteiger charge is 2.12. The Balaban J connectivity index is 2.14. The van der Waals surface area contributed by atoms with Crippen molar-refractivity contribution in [2.75, 3.05) is 0 Å². The largest absolute Gasteiger partial charge is 0.476 e. The van der Waals surface area contributed by atoms with Gasteiger partial charge in [-0.15, -0.1) is 5.10 Å². The molecule has 0 aliphatic carbocycles. The van der Waals surface area contributed by atoms with E-state index in [0.29, 0.717) is 0 Å². The fourth-order valence-electron chi connectivity index (χ4n) is 0.937. The summed E-state index contributed by atoms with van der Waals surface area (Å²) < 4.78 is 9.82. The molecular weight excluding hydrogens is 202 g/mol.